The van der Waals surface area contributed by atoms with Crippen molar-refractivity contribution in [1.29, 1.82) is 0 Å². The fraction of sp³-hybridized carbons (Fsp3) is 0.789. The van der Waals surface area contributed by atoms with Crippen LogP contribution in [0.5, 0.6) is 0 Å². The summed E-state index contributed by atoms with van der Waals surface area (Å²) in [7, 11) is 0. The van der Waals surface area contributed by atoms with E-state index in [2.05, 4.69) is 29.5 Å². The van der Waals surface area contributed by atoms with Crippen molar-refractivity contribution in [2.24, 2.45) is 16.3 Å². The number of fused-ring (bicyclic) bond motifs is 2. The van der Waals surface area contributed by atoms with E-state index < -0.39 is 0 Å². The largest absolute Gasteiger partial charge is 0.377 e. The normalized spacial score (nSPS) is 28.7. The smallest absolute Gasteiger partial charge is 0.191 e. The molecule has 5 nitrogen and oxygen atoms in total. The first-order valence-electron chi connectivity index (χ1n) is 9.87. The summed E-state index contributed by atoms with van der Waals surface area (Å²) in [5.41, 5.74) is 0.392. The summed E-state index contributed by atoms with van der Waals surface area (Å²) in [6.45, 7) is 6.93. The van der Waals surface area contributed by atoms with Crippen molar-refractivity contribution in [1.82, 2.24) is 15.6 Å². The van der Waals surface area contributed by atoms with Gasteiger partial charge in [-0.05, 0) is 32.6 Å². The van der Waals surface area contributed by atoms with Crippen molar-refractivity contribution in [2.45, 2.75) is 64.5 Å². The highest BCUT2D eigenvalue weighted by atomic mass is 127. The molecule has 1 spiro atoms. The van der Waals surface area contributed by atoms with E-state index in [1.165, 1.54) is 35.6 Å². The molecule has 2 aliphatic carbocycles. The zero-order valence-corrected chi connectivity index (χ0v) is 18.9. The Morgan fingerprint density at radius 1 is 1.42 bits per heavy atom. The van der Waals surface area contributed by atoms with E-state index in [9.17, 15) is 0 Å². The van der Waals surface area contributed by atoms with Gasteiger partial charge < -0.3 is 15.4 Å². The lowest BCUT2D eigenvalue weighted by Gasteiger charge is -2.63. The number of nitrogens with one attached hydrogen (secondary N) is 2. The number of guanidine groups is 1. The molecule has 2 heterocycles. The van der Waals surface area contributed by atoms with Crippen molar-refractivity contribution in [3.8, 4) is 0 Å². The molecule has 2 N–H and O–H groups in total. The predicted molar refractivity (Wildman–Crippen MR) is 118 cm³/mol. The summed E-state index contributed by atoms with van der Waals surface area (Å²) in [5, 5.41) is 8.39. The Labute approximate surface area is 177 Å². The number of ether oxygens (including phenoxy) is 1. The van der Waals surface area contributed by atoms with E-state index >= 15 is 0 Å². The first-order chi connectivity index (χ1) is 12.3. The maximum absolute atomic E-state index is 6.03. The molecular weight excluding hydrogens is 459 g/mol. The van der Waals surface area contributed by atoms with Crippen LogP contribution in [0.25, 0.3) is 0 Å². The minimum atomic E-state index is 0. The van der Waals surface area contributed by atoms with Crippen molar-refractivity contribution < 1.29 is 4.74 Å². The fourth-order valence-corrected chi connectivity index (χ4v) is 5.66. The summed E-state index contributed by atoms with van der Waals surface area (Å²) in [6.07, 6.45) is 9.66. The van der Waals surface area contributed by atoms with Gasteiger partial charge in [0.05, 0.1) is 11.1 Å². The van der Waals surface area contributed by atoms with E-state index in [-0.39, 0.29) is 24.0 Å². The van der Waals surface area contributed by atoms with E-state index in [0.717, 1.165) is 38.5 Å². The van der Waals surface area contributed by atoms with Crippen LogP contribution < -0.4 is 10.6 Å². The minimum Gasteiger partial charge on any atom is -0.377 e. The Bertz CT molecular complexity index is 631. The van der Waals surface area contributed by atoms with Gasteiger partial charge in [-0.15, -0.1) is 35.3 Å². The fourth-order valence-electron chi connectivity index (χ4n) is 4.81. The molecule has 26 heavy (non-hydrogen) atoms. The summed E-state index contributed by atoms with van der Waals surface area (Å²) >= 11 is 1.81. The summed E-state index contributed by atoms with van der Waals surface area (Å²) in [6, 6.07) is 0.540. The quantitative estimate of drug-likeness (QED) is 0.365. The lowest BCUT2D eigenvalue weighted by atomic mass is 9.46. The molecule has 1 aromatic rings. The van der Waals surface area contributed by atoms with E-state index in [1.807, 2.05) is 17.5 Å². The molecule has 7 heteroatoms. The van der Waals surface area contributed by atoms with Gasteiger partial charge in [0.25, 0.3) is 0 Å². The van der Waals surface area contributed by atoms with Gasteiger partial charge in [-0.3, -0.25) is 4.99 Å². The van der Waals surface area contributed by atoms with Crippen LogP contribution in [0.4, 0.5) is 0 Å². The predicted octanol–water partition coefficient (Wildman–Crippen LogP) is 3.38. The number of aryl methyl sites for hydroxylation is 1. The maximum atomic E-state index is 6.03. The van der Waals surface area contributed by atoms with Crippen LogP contribution in [0.2, 0.25) is 0 Å². The molecule has 1 aromatic heterocycles. The lowest BCUT2D eigenvalue weighted by Crippen LogP contribution is -2.72. The molecule has 3 fully saturated rings. The number of nitrogens with zero attached hydrogens (tertiary/aromatic N) is 2. The van der Waals surface area contributed by atoms with Crippen LogP contribution in [0.1, 0.15) is 49.4 Å². The summed E-state index contributed by atoms with van der Waals surface area (Å²) in [4.78, 5) is 10.7. The van der Waals surface area contributed by atoms with Gasteiger partial charge in [-0.2, -0.15) is 0 Å². The van der Waals surface area contributed by atoms with Gasteiger partial charge in [0, 0.05) is 54.6 Å². The Hall–Kier alpha value is -0.410. The Morgan fingerprint density at radius 2 is 2.27 bits per heavy atom. The van der Waals surface area contributed by atoms with Crippen molar-refractivity contribution >= 4 is 41.3 Å². The van der Waals surface area contributed by atoms with Gasteiger partial charge >= 0.3 is 0 Å². The number of hydrogen-bond acceptors (Lipinski definition) is 4. The molecule has 3 atom stereocenters. The van der Waals surface area contributed by atoms with E-state index in [0.29, 0.717) is 23.5 Å². The third-order valence-electron chi connectivity index (χ3n) is 6.22. The van der Waals surface area contributed by atoms with Gasteiger partial charge in [-0.1, -0.05) is 13.3 Å². The SMILES string of the molecule is CCNC(=NCCc1ncc(CC)s1)NC1C2CCOC2C12CCC2.I. The average Bonchev–Trinajstić information content (AvgIpc) is 3.19. The van der Waals surface area contributed by atoms with E-state index in [1.54, 1.807) is 0 Å². The Balaban J connectivity index is 0.00000196. The number of halogens is 1. The van der Waals surface area contributed by atoms with Crippen molar-refractivity contribution in [3.63, 3.8) is 0 Å². The van der Waals surface area contributed by atoms with Gasteiger partial charge in [-0.25, -0.2) is 4.98 Å². The van der Waals surface area contributed by atoms with Crippen molar-refractivity contribution in [2.75, 3.05) is 19.7 Å². The second-order valence-corrected chi connectivity index (χ2v) is 8.74. The third kappa shape index (κ3) is 3.63. The molecule has 0 bridgehead atoms. The van der Waals surface area contributed by atoms with Crippen LogP contribution in [-0.4, -0.2) is 42.8 Å². The zero-order chi connectivity index (χ0) is 17.3. The monoisotopic (exact) mass is 490 g/mol. The van der Waals surface area contributed by atoms with Crippen LogP contribution in [0, 0.1) is 11.3 Å². The van der Waals surface area contributed by atoms with Gasteiger partial charge in [0.1, 0.15) is 0 Å². The standard InChI is InChI=1S/C19H30N4OS.HI/c1-3-13-12-22-15(25-13)6-10-21-18(20-4-2)23-16-14-7-11-24-17(14)19(16)8-5-9-19;/h12,14,16-17H,3-11H2,1-2H3,(H2,20,21,23);1H. The molecular formula is C19H31IN4OS. The Morgan fingerprint density at radius 3 is 2.92 bits per heavy atom. The maximum Gasteiger partial charge on any atom is 0.191 e. The van der Waals surface area contributed by atoms with Gasteiger partial charge in [0.15, 0.2) is 5.96 Å². The van der Waals surface area contributed by atoms with Gasteiger partial charge in [0.2, 0.25) is 0 Å². The summed E-state index contributed by atoms with van der Waals surface area (Å²) < 4.78 is 6.03. The molecule has 0 aromatic carbocycles. The zero-order valence-electron chi connectivity index (χ0n) is 15.8. The second kappa shape index (κ2) is 8.73. The highest BCUT2D eigenvalue weighted by Gasteiger charge is 2.66. The molecule has 1 aliphatic heterocycles. The molecule has 1 saturated heterocycles. The molecule has 4 rings (SSSR count). The summed E-state index contributed by atoms with van der Waals surface area (Å²) in [5.74, 6) is 1.65. The van der Waals surface area contributed by atoms with Crippen molar-refractivity contribution in [3.05, 3.63) is 16.1 Å². The Kier molecular flexibility index (Phi) is 6.83. The topological polar surface area (TPSA) is 58.5 Å². The molecule has 2 saturated carbocycles. The second-order valence-electron chi connectivity index (χ2n) is 7.54. The molecule has 3 unspecified atom stereocenters. The van der Waals surface area contributed by atoms with E-state index in [4.69, 9.17) is 9.73 Å². The molecule has 0 radical (unpaired) electrons. The first kappa shape index (κ1) is 20.3. The average molecular weight is 490 g/mol. The molecule has 146 valence electrons. The number of aromatic nitrogens is 1. The highest BCUT2D eigenvalue weighted by molar-refractivity contribution is 14.0. The molecule has 0 amide bonds. The lowest BCUT2D eigenvalue weighted by molar-refractivity contribution is -0.171. The number of hydrogen-bond donors (Lipinski definition) is 2. The van der Waals surface area contributed by atoms with Crippen LogP contribution >= 0.6 is 35.3 Å². The number of rotatable bonds is 6. The number of aliphatic imine (C=N–C) groups is 1. The highest BCUT2D eigenvalue weighted by Crippen LogP contribution is 2.62. The van der Waals surface area contributed by atoms with Crippen LogP contribution in [0.15, 0.2) is 11.2 Å². The van der Waals surface area contributed by atoms with Crippen LogP contribution in [0.3, 0.4) is 0 Å². The minimum absolute atomic E-state index is 0. The third-order valence-corrected chi connectivity index (χ3v) is 7.42. The van der Waals surface area contributed by atoms with Crippen LogP contribution in [-0.2, 0) is 17.6 Å². The molecule has 3 aliphatic rings. The number of thiazole rings is 1. The first-order valence-corrected chi connectivity index (χ1v) is 10.7.